The molecule has 0 fully saturated rings. The van der Waals surface area contributed by atoms with Gasteiger partial charge < -0.3 is 10.1 Å². The average molecular weight is 184 g/mol. The third-order valence-electron chi connectivity index (χ3n) is 2.47. The van der Waals surface area contributed by atoms with Gasteiger partial charge in [0.15, 0.2) is 5.88 Å². The Bertz CT molecular complexity index is 432. The molecule has 0 saturated heterocycles. The van der Waals surface area contributed by atoms with E-state index in [2.05, 4.69) is 17.5 Å². The van der Waals surface area contributed by atoms with E-state index in [1.165, 1.54) is 11.1 Å². The van der Waals surface area contributed by atoms with E-state index < -0.39 is 0 Å². The van der Waals surface area contributed by atoms with Crippen LogP contribution in [-0.4, -0.2) is 0 Å². The fraction of sp³-hybridized carbons (Fsp3) is 0.0833. The lowest BCUT2D eigenvalue weighted by Crippen LogP contribution is -2.23. The minimum Gasteiger partial charge on any atom is -0.441 e. The second-order valence-corrected chi connectivity index (χ2v) is 3.41. The maximum Gasteiger partial charge on any atom is 0.197 e. The highest BCUT2D eigenvalue weighted by atomic mass is 16.5. The van der Waals surface area contributed by atoms with E-state index >= 15 is 0 Å². The Hall–Kier alpha value is -1.70. The molecule has 2 heteroatoms. The predicted molar refractivity (Wildman–Crippen MR) is 54.4 cm³/mol. The lowest BCUT2D eigenvalue weighted by atomic mass is 10.0. The van der Waals surface area contributed by atoms with Crippen LogP contribution in [0, 0.1) is 6.54 Å². The summed E-state index contributed by atoms with van der Waals surface area (Å²) in [6.45, 7) is 1.88. The fourth-order valence-electron chi connectivity index (χ4n) is 1.76. The van der Waals surface area contributed by atoms with E-state index in [0.717, 1.165) is 18.1 Å². The first kappa shape index (κ1) is 7.68. The van der Waals surface area contributed by atoms with Crippen molar-refractivity contribution in [1.29, 1.82) is 0 Å². The molecule has 0 unspecified atom stereocenters. The van der Waals surface area contributed by atoms with Crippen LogP contribution < -0.4 is 10.1 Å². The van der Waals surface area contributed by atoms with E-state index in [9.17, 15) is 0 Å². The van der Waals surface area contributed by atoms with Crippen molar-refractivity contribution in [2.45, 2.75) is 6.42 Å². The summed E-state index contributed by atoms with van der Waals surface area (Å²) in [6, 6.07) is 8.14. The maximum absolute atomic E-state index is 5.72. The molecule has 1 aromatic carbocycles. The van der Waals surface area contributed by atoms with Crippen LogP contribution in [0.3, 0.4) is 0 Å². The number of hydrogen-bond acceptors (Lipinski definition) is 2. The molecule has 14 heavy (non-hydrogen) atoms. The van der Waals surface area contributed by atoms with Gasteiger partial charge in [0.05, 0.1) is 6.54 Å². The van der Waals surface area contributed by atoms with Crippen LogP contribution in [-0.2, 0) is 6.42 Å². The molecule has 1 N–H and O–H groups in total. The Balaban J connectivity index is 2.03. The number of hydrogen-bond donors (Lipinski definition) is 1. The Labute approximate surface area is 82.9 Å². The first-order chi connectivity index (χ1) is 6.93. The molecule has 1 aromatic rings. The second-order valence-electron chi connectivity index (χ2n) is 3.41. The van der Waals surface area contributed by atoms with Crippen LogP contribution >= 0.6 is 0 Å². The molecule has 0 spiro atoms. The summed E-state index contributed by atoms with van der Waals surface area (Å²) in [5, 5.41) is 3.11. The molecular weight excluding hydrogens is 174 g/mol. The van der Waals surface area contributed by atoms with Crippen molar-refractivity contribution >= 4 is 0 Å². The molecular formula is C12H10NO. The fourth-order valence-corrected chi connectivity index (χ4v) is 1.76. The zero-order valence-corrected chi connectivity index (χ0v) is 7.66. The molecule has 1 radical (unpaired) electrons. The molecule has 0 amide bonds. The van der Waals surface area contributed by atoms with Gasteiger partial charge in [0.1, 0.15) is 5.75 Å². The molecule has 0 saturated carbocycles. The van der Waals surface area contributed by atoms with Crippen LogP contribution in [0.1, 0.15) is 5.56 Å². The molecule has 3 rings (SSSR count). The van der Waals surface area contributed by atoms with E-state index in [1.807, 2.05) is 30.8 Å². The largest absolute Gasteiger partial charge is 0.441 e. The summed E-state index contributed by atoms with van der Waals surface area (Å²) in [4.78, 5) is 0. The zero-order chi connectivity index (χ0) is 9.38. The van der Waals surface area contributed by atoms with Gasteiger partial charge in [-0.3, -0.25) is 0 Å². The molecule has 0 bridgehead atoms. The monoisotopic (exact) mass is 184 g/mol. The quantitative estimate of drug-likeness (QED) is 0.667. The normalized spacial score (nSPS) is 18.0. The van der Waals surface area contributed by atoms with Crippen LogP contribution in [0.5, 0.6) is 5.75 Å². The molecule has 2 aliphatic heterocycles. The lowest BCUT2D eigenvalue weighted by molar-refractivity contribution is 0.372. The minimum atomic E-state index is 0.867. The number of benzene rings is 1. The van der Waals surface area contributed by atoms with Gasteiger partial charge in [-0.25, -0.2) is 0 Å². The third-order valence-corrected chi connectivity index (χ3v) is 2.47. The molecule has 0 atom stereocenters. The Kier molecular flexibility index (Phi) is 1.60. The summed E-state index contributed by atoms with van der Waals surface area (Å²) in [6.07, 6.45) is 5.03. The average Bonchev–Trinajstić information content (AvgIpc) is 2.26. The number of rotatable bonds is 0. The maximum atomic E-state index is 5.72. The van der Waals surface area contributed by atoms with Crippen LogP contribution in [0.4, 0.5) is 0 Å². The number of allylic oxidation sites excluding steroid dienone is 2. The standard InChI is InChI=1S/C12H10NO/c1-2-6-11-9(4-1)8-10-5-3-7-13-12(10)14-11/h1-7,13H,8H2. The van der Waals surface area contributed by atoms with E-state index in [-0.39, 0.29) is 0 Å². The van der Waals surface area contributed by atoms with Crippen LogP contribution in [0.15, 0.2) is 47.9 Å². The Morgan fingerprint density at radius 3 is 3.14 bits per heavy atom. The highest BCUT2D eigenvalue weighted by molar-refractivity contribution is 5.45. The van der Waals surface area contributed by atoms with Crippen molar-refractivity contribution in [2.24, 2.45) is 0 Å². The van der Waals surface area contributed by atoms with E-state index in [4.69, 9.17) is 4.74 Å². The van der Waals surface area contributed by atoms with E-state index in [1.54, 1.807) is 0 Å². The van der Waals surface area contributed by atoms with Gasteiger partial charge in [0, 0.05) is 12.0 Å². The summed E-state index contributed by atoms with van der Waals surface area (Å²) < 4.78 is 5.72. The summed E-state index contributed by atoms with van der Waals surface area (Å²) in [7, 11) is 0. The van der Waals surface area contributed by atoms with Crippen molar-refractivity contribution in [3.8, 4) is 5.75 Å². The highest BCUT2D eigenvalue weighted by Crippen LogP contribution is 2.30. The second kappa shape index (κ2) is 2.91. The summed E-state index contributed by atoms with van der Waals surface area (Å²) in [5.41, 5.74) is 2.46. The number of ether oxygens (including phenoxy) is 1. The van der Waals surface area contributed by atoms with Crippen molar-refractivity contribution in [3.63, 3.8) is 0 Å². The van der Waals surface area contributed by atoms with Crippen LogP contribution in [0.2, 0.25) is 0 Å². The summed E-state index contributed by atoms with van der Waals surface area (Å²) >= 11 is 0. The van der Waals surface area contributed by atoms with Gasteiger partial charge in [-0.1, -0.05) is 30.4 Å². The molecule has 2 aliphatic rings. The van der Waals surface area contributed by atoms with Gasteiger partial charge in [0.2, 0.25) is 0 Å². The summed E-state index contributed by atoms with van der Waals surface area (Å²) in [5.74, 6) is 1.83. The molecule has 69 valence electrons. The van der Waals surface area contributed by atoms with Gasteiger partial charge in [-0.05, 0) is 11.6 Å². The van der Waals surface area contributed by atoms with Gasteiger partial charge >= 0.3 is 0 Å². The number of fused-ring (bicyclic) bond motifs is 1. The predicted octanol–water partition coefficient (Wildman–Crippen LogP) is 2.15. The van der Waals surface area contributed by atoms with Gasteiger partial charge in [0.25, 0.3) is 0 Å². The Morgan fingerprint density at radius 1 is 1.21 bits per heavy atom. The lowest BCUT2D eigenvalue weighted by Gasteiger charge is -2.24. The number of dihydropyridines is 1. The van der Waals surface area contributed by atoms with Crippen molar-refractivity contribution < 1.29 is 4.74 Å². The van der Waals surface area contributed by atoms with Gasteiger partial charge in [-0.15, -0.1) is 0 Å². The van der Waals surface area contributed by atoms with Crippen molar-refractivity contribution in [3.05, 3.63) is 60.0 Å². The van der Waals surface area contributed by atoms with Gasteiger partial charge in [-0.2, -0.15) is 0 Å². The third kappa shape index (κ3) is 1.11. The number of nitrogens with one attached hydrogen (secondary N) is 1. The molecule has 0 aliphatic carbocycles. The zero-order valence-electron chi connectivity index (χ0n) is 7.66. The van der Waals surface area contributed by atoms with Crippen LogP contribution in [0.25, 0.3) is 0 Å². The van der Waals surface area contributed by atoms with Crippen molar-refractivity contribution in [2.75, 3.05) is 0 Å². The molecule has 2 heterocycles. The molecule has 0 aromatic heterocycles. The van der Waals surface area contributed by atoms with Crippen molar-refractivity contribution in [1.82, 2.24) is 5.32 Å². The topological polar surface area (TPSA) is 21.3 Å². The smallest absolute Gasteiger partial charge is 0.197 e. The number of para-hydroxylation sites is 1. The minimum absolute atomic E-state index is 0.867. The van der Waals surface area contributed by atoms with E-state index in [0.29, 0.717) is 0 Å². The Morgan fingerprint density at radius 2 is 2.14 bits per heavy atom. The first-order valence-corrected chi connectivity index (χ1v) is 4.69. The first-order valence-electron chi connectivity index (χ1n) is 4.69. The molecule has 2 nitrogen and oxygen atoms in total. The SMILES string of the molecule is [CH]1C=CC2=C(N1)Oc1ccccc1C2. The highest BCUT2D eigenvalue weighted by Gasteiger charge is 2.18.